The number of amides is 1. The number of carboxylic acid groups (broad SMARTS) is 1. The number of rotatable bonds is 4. The first-order valence-corrected chi connectivity index (χ1v) is 4.70. The van der Waals surface area contributed by atoms with Crippen molar-refractivity contribution in [3.05, 3.63) is 29.8 Å². The van der Waals surface area contributed by atoms with Gasteiger partial charge in [0.1, 0.15) is 5.97 Å². The third kappa shape index (κ3) is 2.66. The highest BCUT2D eigenvalue weighted by molar-refractivity contribution is 6.40. The van der Waals surface area contributed by atoms with Crippen molar-refractivity contribution in [1.82, 2.24) is 0 Å². The van der Waals surface area contributed by atoms with Crippen LogP contribution in [0.1, 0.15) is 23.7 Å². The van der Waals surface area contributed by atoms with Crippen LogP contribution in [0.4, 0.5) is 5.69 Å². The predicted molar refractivity (Wildman–Crippen MR) is 54.7 cm³/mol. The average molecular weight is 220 g/mol. The lowest BCUT2D eigenvalue weighted by Gasteiger charge is -2.09. The summed E-state index contributed by atoms with van der Waals surface area (Å²) in [5.41, 5.74) is 0.104. The molecule has 0 saturated carbocycles. The third-order valence-corrected chi connectivity index (χ3v) is 1.95. The molecule has 1 N–H and O–H groups in total. The van der Waals surface area contributed by atoms with Crippen LogP contribution < -0.4 is 10.4 Å². The summed E-state index contributed by atoms with van der Waals surface area (Å²) in [5, 5.41) is 12.9. The van der Waals surface area contributed by atoms with Crippen LogP contribution in [0, 0.1) is 0 Å². The molecule has 0 bridgehead atoms. The van der Waals surface area contributed by atoms with E-state index in [1.54, 1.807) is 13.0 Å². The van der Waals surface area contributed by atoms with Crippen molar-refractivity contribution in [2.45, 2.75) is 13.3 Å². The van der Waals surface area contributed by atoms with Crippen LogP contribution in [-0.4, -0.2) is 17.7 Å². The van der Waals surface area contributed by atoms with Crippen molar-refractivity contribution < 1.29 is 19.5 Å². The van der Waals surface area contributed by atoms with Gasteiger partial charge in [-0.15, -0.1) is 0 Å². The number of carboxylic acids is 1. The number of anilines is 1. The third-order valence-electron chi connectivity index (χ3n) is 1.95. The molecule has 1 aromatic rings. The second-order valence-electron chi connectivity index (χ2n) is 3.06. The Morgan fingerprint density at radius 2 is 1.88 bits per heavy atom. The van der Waals surface area contributed by atoms with E-state index in [9.17, 15) is 19.5 Å². The Kier molecular flexibility index (Phi) is 3.77. The molecule has 1 amide bonds. The van der Waals surface area contributed by atoms with Crippen LogP contribution in [-0.2, 0) is 9.59 Å². The van der Waals surface area contributed by atoms with Gasteiger partial charge in [-0.25, -0.2) is 0 Å². The maximum Gasteiger partial charge on any atom is 0.224 e. The lowest BCUT2D eigenvalue weighted by molar-refractivity contribution is -0.296. The molecule has 0 atom stereocenters. The summed E-state index contributed by atoms with van der Waals surface area (Å²) >= 11 is 0. The zero-order valence-corrected chi connectivity index (χ0v) is 8.65. The van der Waals surface area contributed by atoms with Crippen molar-refractivity contribution in [1.29, 1.82) is 0 Å². The van der Waals surface area contributed by atoms with Crippen LogP contribution >= 0.6 is 0 Å². The summed E-state index contributed by atoms with van der Waals surface area (Å²) < 4.78 is 0. The Balaban J connectivity index is 3.05. The molecule has 0 saturated heterocycles. The number of benzene rings is 1. The van der Waals surface area contributed by atoms with E-state index in [1.807, 2.05) is 0 Å². The molecular formula is C11H10NO4-. The fraction of sp³-hybridized carbons (Fsp3) is 0.182. The minimum atomic E-state index is -1.79. The van der Waals surface area contributed by atoms with Gasteiger partial charge in [0, 0.05) is 12.0 Å². The minimum Gasteiger partial charge on any atom is -0.541 e. The van der Waals surface area contributed by atoms with Crippen molar-refractivity contribution in [2.24, 2.45) is 0 Å². The zero-order valence-electron chi connectivity index (χ0n) is 8.65. The highest BCUT2D eigenvalue weighted by Crippen LogP contribution is 2.15. The molecule has 0 fully saturated rings. The first kappa shape index (κ1) is 11.9. The monoisotopic (exact) mass is 220 g/mol. The van der Waals surface area contributed by atoms with E-state index in [4.69, 9.17) is 0 Å². The largest absolute Gasteiger partial charge is 0.541 e. The lowest BCUT2D eigenvalue weighted by Crippen LogP contribution is -2.32. The number of hydrogen-bond donors (Lipinski definition) is 1. The minimum absolute atomic E-state index is 0.0794. The van der Waals surface area contributed by atoms with Crippen LogP contribution in [0.25, 0.3) is 0 Å². The molecule has 1 rings (SSSR count). The van der Waals surface area contributed by atoms with Crippen LogP contribution in [0.15, 0.2) is 24.3 Å². The van der Waals surface area contributed by atoms with Gasteiger partial charge < -0.3 is 15.2 Å². The molecule has 0 spiro atoms. The fourth-order valence-electron chi connectivity index (χ4n) is 1.14. The number of aliphatic carboxylic acids is 1. The van der Waals surface area contributed by atoms with Gasteiger partial charge in [0.05, 0.1) is 5.69 Å². The SMILES string of the molecule is CCC(=O)Nc1ccccc1C(=O)C(=O)[O-]. The summed E-state index contributed by atoms with van der Waals surface area (Å²) in [6.07, 6.45) is 0.244. The maximum absolute atomic E-state index is 11.2. The molecular weight excluding hydrogens is 210 g/mol. The molecule has 84 valence electrons. The van der Waals surface area contributed by atoms with E-state index >= 15 is 0 Å². The van der Waals surface area contributed by atoms with Crippen LogP contribution in [0.3, 0.4) is 0 Å². The second-order valence-corrected chi connectivity index (χ2v) is 3.06. The first-order valence-electron chi connectivity index (χ1n) is 4.70. The Morgan fingerprint density at radius 1 is 1.25 bits per heavy atom. The van der Waals surface area contributed by atoms with Crippen molar-refractivity contribution >= 4 is 23.3 Å². The van der Waals surface area contributed by atoms with Gasteiger partial charge in [0.15, 0.2) is 0 Å². The van der Waals surface area contributed by atoms with E-state index in [2.05, 4.69) is 5.32 Å². The van der Waals surface area contributed by atoms with Gasteiger partial charge in [-0.05, 0) is 12.1 Å². The van der Waals surface area contributed by atoms with E-state index in [1.165, 1.54) is 18.2 Å². The lowest BCUT2D eigenvalue weighted by atomic mass is 10.1. The molecule has 5 nitrogen and oxygen atoms in total. The molecule has 0 aromatic heterocycles. The summed E-state index contributed by atoms with van der Waals surface area (Å²) in [7, 11) is 0. The predicted octanol–water partition coefficient (Wildman–Crippen LogP) is -0.0323. The quantitative estimate of drug-likeness (QED) is 0.570. The van der Waals surface area contributed by atoms with E-state index < -0.39 is 11.8 Å². The number of ketones is 1. The number of para-hydroxylation sites is 1. The van der Waals surface area contributed by atoms with Crippen molar-refractivity contribution in [3.8, 4) is 0 Å². The smallest absolute Gasteiger partial charge is 0.224 e. The number of nitrogens with one attached hydrogen (secondary N) is 1. The number of carbonyl (C=O) groups excluding carboxylic acids is 3. The molecule has 5 heteroatoms. The summed E-state index contributed by atoms with van der Waals surface area (Å²) in [6.45, 7) is 1.65. The second kappa shape index (κ2) is 5.06. The van der Waals surface area contributed by atoms with Crippen LogP contribution in [0.5, 0.6) is 0 Å². The van der Waals surface area contributed by atoms with Gasteiger partial charge in [-0.2, -0.15) is 0 Å². The molecule has 0 radical (unpaired) electrons. The molecule has 0 unspecified atom stereocenters. The van der Waals surface area contributed by atoms with Gasteiger partial charge in [0.25, 0.3) is 0 Å². The van der Waals surface area contributed by atoms with Gasteiger partial charge in [0.2, 0.25) is 11.7 Å². The van der Waals surface area contributed by atoms with Crippen LogP contribution in [0.2, 0.25) is 0 Å². The molecule has 0 heterocycles. The van der Waals surface area contributed by atoms with Gasteiger partial charge in [-0.1, -0.05) is 19.1 Å². The Bertz CT molecular complexity index is 439. The molecule has 1 aromatic carbocycles. The average Bonchev–Trinajstić information content (AvgIpc) is 2.28. The highest BCUT2D eigenvalue weighted by Gasteiger charge is 2.12. The van der Waals surface area contributed by atoms with E-state index in [0.29, 0.717) is 0 Å². The summed E-state index contributed by atoms with van der Waals surface area (Å²) in [6, 6.07) is 5.89. The number of hydrogen-bond acceptors (Lipinski definition) is 4. The number of carbonyl (C=O) groups is 3. The zero-order chi connectivity index (χ0) is 12.1. The molecule has 0 aliphatic heterocycles. The van der Waals surface area contributed by atoms with Crippen molar-refractivity contribution in [2.75, 3.05) is 5.32 Å². The molecule has 16 heavy (non-hydrogen) atoms. The topological polar surface area (TPSA) is 86.3 Å². The van der Waals surface area contributed by atoms with Crippen molar-refractivity contribution in [3.63, 3.8) is 0 Å². The summed E-state index contributed by atoms with van der Waals surface area (Å²) in [4.78, 5) is 32.8. The van der Waals surface area contributed by atoms with Gasteiger partial charge >= 0.3 is 0 Å². The standard InChI is InChI=1S/C11H11NO4/c1-2-9(13)12-8-6-4-3-5-7(8)10(14)11(15)16/h3-6H,2H2,1H3,(H,12,13)(H,15,16)/p-1. The number of Topliss-reactive ketones (excluding diaryl/α,β-unsaturated/α-hetero) is 1. The van der Waals surface area contributed by atoms with E-state index in [0.717, 1.165) is 0 Å². The highest BCUT2D eigenvalue weighted by atomic mass is 16.4. The Labute approximate surface area is 92.1 Å². The van der Waals surface area contributed by atoms with Gasteiger partial charge in [-0.3, -0.25) is 9.59 Å². The first-order chi connectivity index (χ1) is 7.56. The van der Waals surface area contributed by atoms with E-state index in [-0.39, 0.29) is 23.6 Å². The Hall–Kier alpha value is -2.17. The summed E-state index contributed by atoms with van der Waals surface area (Å²) in [5.74, 6) is -3.23. The normalized spacial score (nSPS) is 9.56. The Morgan fingerprint density at radius 3 is 2.44 bits per heavy atom. The maximum atomic E-state index is 11.2. The fourth-order valence-corrected chi connectivity index (χ4v) is 1.14. The molecule has 0 aliphatic carbocycles. The molecule has 0 aliphatic rings.